The number of carbonyl (C=O) groups excluding carboxylic acids is 1. The molecule has 1 aliphatic carbocycles. The third kappa shape index (κ3) is 7.22. The van der Waals surface area contributed by atoms with Crippen molar-refractivity contribution >= 4 is 17.5 Å². The Morgan fingerprint density at radius 2 is 1.85 bits per heavy atom. The highest BCUT2D eigenvalue weighted by molar-refractivity contribution is 5.86. The minimum Gasteiger partial charge on any atom is -0.450 e. The van der Waals surface area contributed by atoms with Crippen molar-refractivity contribution in [3.8, 4) is 0 Å². The van der Waals surface area contributed by atoms with E-state index < -0.39 is 0 Å². The molecule has 0 radical (unpaired) electrons. The van der Waals surface area contributed by atoms with Crippen LogP contribution in [0, 0.1) is 5.82 Å². The van der Waals surface area contributed by atoms with Gasteiger partial charge in [-0.1, -0.05) is 48.6 Å². The number of piperazine rings is 1. The number of nitrogens with zero attached hydrogens (tertiary/aromatic N) is 4. The maximum Gasteiger partial charge on any atom is 0.410 e. The van der Waals surface area contributed by atoms with Crippen molar-refractivity contribution in [1.29, 1.82) is 0 Å². The molecule has 216 valence electrons. The molecular weight excluding hydrogens is 515 g/mol. The first-order valence-corrected chi connectivity index (χ1v) is 14.6. The van der Waals surface area contributed by atoms with E-state index in [1.54, 1.807) is 17.3 Å². The van der Waals surface area contributed by atoms with Crippen LogP contribution in [0.4, 0.5) is 15.0 Å². The third-order valence-electron chi connectivity index (χ3n) is 7.61. The Balaban J connectivity index is 1.66. The molecule has 1 fully saturated rings. The van der Waals surface area contributed by atoms with Gasteiger partial charge in [0.25, 0.3) is 0 Å². The lowest BCUT2D eigenvalue weighted by Crippen LogP contribution is -2.58. The Bertz CT molecular complexity index is 1400. The van der Waals surface area contributed by atoms with E-state index in [9.17, 15) is 4.79 Å². The van der Waals surface area contributed by atoms with Crippen molar-refractivity contribution in [2.75, 3.05) is 24.6 Å². The van der Waals surface area contributed by atoms with Gasteiger partial charge in [-0.2, -0.15) is 0 Å². The number of anilines is 1. The van der Waals surface area contributed by atoms with Gasteiger partial charge in [-0.15, -0.1) is 5.73 Å². The lowest BCUT2D eigenvalue weighted by atomic mass is 9.93. The predicted molar refractivity (Wildman–Crippen MR) is 163 cm³/mol. The number of hydrogen-bond acceptors (Lipinski definition) is 5. The zero-order valence-electron chi connectivity index (χ0n) is 24.9. The molecule has 41 heavy (non-hydrogen) atoms. The summed E-state index contributed by atoms with van der Waals surface area (Å²) in [6.45, 7) is 11.3. The normalized spacial score (nSPS) is 19.1. The van der Waals surface area contributed by atoms with Gasteiger partial charge in [0.2, 0.25) is 0 Å². The summed E-state index contributed by atoms with van der Waals surface area (Å²) in [4.78, 5) is 26.1. The second-order valence-electron chi connectivity index (χ2n) is 10.7. The smallest absolute Gasteiger partial charge is 0.410 e. The van der Waals surface area contributed by atoms with Gasteiger partial charge in [0.1, 0.15) is 18.0 Å². The number of aryl methyl sites for hydroxylation is 1. The first-order valence-electron chi connectivity index (χ1n) is 14.6. The summed E-state index contributed by atoms with van der Waals surface area (Å²) >= 11 is 0. The fraction of sp³-hybridized carbons (Fsp3) is 0.412. The standard InChI is InChI=1S/C34H41FN4O2/c1-6-28(29-17-11-12-18-30(29)35)32-31(19-13-10-16-27-15-9-8-14-24(3)20-27)36-23-37-33(32)38-21-26(5)39(22-25(38)4)34(40)41-7-2/h6,8-9,11-12,14-15,17-18,23,25-26H,7,10,13,16,19,21-22H2,1-5H3/b28-6-/t25?,26-/m1/s1. The average molecular weight is 557 g/mol. The maximum atomic E-state index is 15.2. The number of unbranched alkanes of at least 4 members (excludes halogenated alkanes) is 1. The minimum absolute atomic E-state index is 0.0200. The number of hydrogen-bond donors (Lipinski definition) is 0. The van der Waals surface area contributed by atoms with Crippen molar-refractivity contribution in [2.24, 2.45) is 0 Å². The van der Waals surface area contributed by atoms with Crippen molar-refractivity contribution in [1.82, 2.24) is 14.9 Å². The molecule has 0 spiro atoms. The average Bonchev–Trinajstić information content (AvgIpc) is 3.17. The van der Waals surface area contributed by atoms with Crippen molar-refractivity contribution in [2.45, 2.75) is 72.4 Å². The van der Waals surface area contributed by atoms with Crippen LogP contribution in [0.2, 0.25) is 0 Å². The van der Waals surface area contributed by atoms with Gasteiger partial charge in [-0.05, 0) is 83.1 Å². The Labute approximate surface area is 243 Å². The summed E-state index contributed by atoms with van der Waals surface area (Å²) in [7, 11) is 0. The molecule has 1 amide bonds. The Hall–Kier alpha value is -3.96. The molecule has 0 bridgehead atoms. The molecule has 6 nitrogen and oxygen atoms in total. The lowest BCUT2D eigenvalue weighted by Gasteiger charge is -2.44. The summed E-state index contributed by atoms with van der Waals surface area (Å²) in [6, 6.07) is 6.76. The number of aromatic nitrogens is 2. The van der Waals surface area contributed by atoms with Gasteiger partial charge < -0.3 is 14.5 Å². The topological polar surface area (TPSA) is 58.6 Å². The highest BCUT2D eigenvalue weighted by Crippen LogP contribution is 2.36. The predicted octanol–water partition coefficient (Wildman–Crippen LogP) is 7.43. The minimum atomic E-state index is -0.296. The number of allylic oxidation sites excluding steroid dienone is 6. The van der Waals surface area contributed by atoms with Crippen LogP contribution >= 0.6 is 0 Å². The molecule has 1 aromatic heterocycles. The molecule has 1 aliphatic heterocycles. The molecule has 2 atom stereocenters. The van der Waals surface area contributed by atoms with Gasteiger partial charge in [-0.25, -0.2) is 19.2 Å². The highest BCUT2D eigenvalue weighted by atomic mass is 19.1. The van der Waals surface area contributed by atoms with E-state index >= 15 is 4.39 Å². The molecule has 2 aromatic rings. The van der Waals surface area contributed by atoms with Crippen molar-refractivity contribution in [3.05, 3.63) is 100 Å². The van der Waals surface area contributed by atoms with Crippen LogP contribution in [-0.2, 0) is 11.2 Å². The molecule has 1 aromatic carbocycles. The van der Waals surface area contributed by atoms with E-state index in [0.717, 1.165) is 53.9 Å². The number of halogens is 1. The molecule has 2 heterocycles. The molecule has 2 aliphatic rings. The van der Waals surface area contributed by atoms with Gasteiger partial charge in [0.15, 0.2) is 0 Å². The fourth-order valence-electron chi connectivity index (χ4n) is 5.55. The van der Waals surface area contributed by atoms with E-state index in [0.29, 0.717) is 25.3 Å². The van der Waals surface area contributed by atoms with Crippen LogP contribution in [-0.4, -0.2) is 52.7 Å². The Morgan fingerprint density at radius 1 is 1.10 bits per heavy atom. The summed E-state index contributed by atoms with van der Waals surface area (Å²) in [5.74, 6) is 0.492. The Kier molecular flexibility index (Phi) is 10.3. The van der Waals surface area contributed by atoms with E-state index in [1.807, 2.05) is 45.1 Å². The van der Waals surface area contributed by atoms with Crippen LogP contribution in [0.1, 0.15) is 70.7 Å². The molecule has 7 heteroatoms. The van der Waals surface area contributed by atoms with Gasteiger partial charge in [0, 0.05) is 36.3 Å². The fourth-order valence-corrected chi connectivity index (χ4v) is 5.55. The van der Waals surface area contributed by atoms with E-state index in [2.05, 4.69) is 42.7 Å². The summed E-state index contributed by atoms with van der Waals surface area (Å²) < 4.78 is 20.5. The van der Waals surface area contributed by atoms with E-state index in [1.165, 1.54) is 11.6 Å². The highest BCUT2D eigenvalue weighted by Gasteiger charge is 2.35. The van der Waals surface area contributed by atoms with Gasteiger partial charge in [0.05, 0.1) is 12.3 Å². The SMILES string of the molecule is C/C=C(/c1ccccc1F)c1c(CCCCC2=C=C(C)C=CC=C2)ncnc1N1C[C@@H](C)N(C(=O)OCC)CC1C. The molecular formula is C34H41FN4O2. The molecule has 1 saturated heterocycles. The second kappa shape index (κ2) is 14.1. The molecule has 0 saturated carbocycles. The van der Waals surface area contributed by atoms with Crippen molar-refractivity contribution < 1.29 is 13.9 Å². The monoisotopic (exact) mass is 556 g/mol. The quantitative estimate of drug-likeness (QED) is 0.237. The molecule has 0 N–H and O–H groups in total. The Morgan fingerprint density at radius 3 is 2.61 bits per heavy atom. The largest absolute Gasteiger partial charge is 0.450 e. The lowest BCUT2D eigenvalue weighted by molar-refractivity contribution is 0.0828. The van der Waals surface area contributed by atoms with Crippen LogP contribution in [0.3, 0.4) is 0 Å². The first kappa shape index (κ1) is 30.0. The van der Waals surface area contributed by atoms with Gasteiger partial charge >= 0.3 is 6.09 Å². The van der Waals surface area contributed by atoms with Crippen molar-refractivity contribution in [3.63, 3.8) is 0 Å². The number of rotatable bonds is 9. The van der Waals surface area contributed by atoms with Crippen LogP contribution in [0.5, 0.6) is 0 Å². The maximum absolute atomic E-state index is 15.2. The van der Waals surface area contributed by atoms with E-state index in [-0.39, 0.29) is 24.0 Å². The summed E-state index contributed by atoms with van der Waals surface area (Å²) in [5, 5.41) is 0. The van der Waals surface area contributed by atoms with E-state index in [4.69, 9.17) is 14.7 Å². The number of benzene rings is 1. The van der Waals surface area contributed by atoms with Crippen LogP contribution < -0.4 is 4.90 Å². The second-order valence-corrected chi connectivity index (χ2v) is 10.7. The molecule has 4 rings (SSSR count). The zero-order chi connectivity index (χ0) is 29.4. The van der Waals surface area contributed by atoms with Crippen LogP contribution in [0.15, 0.2) is 77.9 Å². The number of carbonyl (C=O) groups is 1. The summed E-state index contributed by atoms with van der Waals surface area (Å²) in [6.07, 6.45) is 15.1. The third-order valence-corrected chi connectivity index (χ3v) is 7.61. The number of ether oxygens (including phenoxy) is 1. The first-order chi connectivity index (χ1) is 19.8. The summed E-state index contributed by atoms with van der Waals surface area (Å²) in [5.41, 5.74) is 8.85. The zero-order valence-corrected chi connectivity index (χ0v) is 24.9. The molecule has 1 unspecified atom stereocenters. The number of amides is 1. The van der Waals surface area contributed by atoms with Crippen LogP contribution in [0.25, 0.3) is 5.57 Å². The van der Waals surface area contributed by atoms with Gasteiger partial charge in [-0.3, -0.25) is 0 Å².